The summed E-state index contributed by atoms with van der Waals surface area (Å²) in [4.78, 5) is 36.1. The lowest BCUT2D eigenvalue weighted by Crippen LogP contribution is -2.30. The Kier molecular flexibility index (Phi) is 7.13. The molecule has 0 spiro atoms. The van der Waals surface area contributed by atoms with Crippen molar-refractivity contribution in [1.29, 1.82) is 0 Å². The van der Waals surface area contributed by atoms with E-state index in [-0.39, 0.29) is 26.7 Å². The number of thiophene rings is 1. The summed E-state index contributed by atoms with van der Waals surface area (Å²) in [6, 6.07) is 12.9. The number of carbonyl (C=O) groups excluding carboxylic acids is 3. The molecule has 0 aliphatic heterocycles. The number of imide groups is 1. The van der Waals surface area contributed by atoms with E-state index in [2.05, 4.69) is 14.8 Å². The third kappa shape index (κ3) is 5.63. The second-order valence-electron chi connectivity index (χ2n) is 6.20. The summed E-state index contributed by atoms with van der Waals surface area (Å²) < 4.78 is 31.9. The molecule has 0 fully saturated rings. The molecule has 166 valence electrons. The molecule has 0 aliphatic carbocycles. The highest BCUT2D eigenvalue weighted by Crippen LogP contribution is 2.25. The number of rotatable bonds is 6. The Labute approximate surface area is 192 Å². The van der Waals surface area contributed by atoms with Crippen molar-refractivity contribution in [3.05, 3.63) is 76.1 Å². The van der Waals surface area contributed by atoms with Gasteiger partial charge in [-0.1, -0.05) is 17.7 Å². The predicted octanol–water partition coefficient (Wildman–Crippen LogP) is 3.95. The monoisotopic (exact) mass is 493 g/mol. The summed E-state index contributed by atoms with van der Waals surface area (Å²) in [6.45, 7) is 0. The Balaban J connectivity index is 1.75. The lowest BCUT2D eigenvalue weighted by atomic mass is 10.2. The number of halogens is 1. The van der Waals surface area contributed by atoms with Gasteiger partial charge in [-0.15, -0.1) is 11.3 Å². The van der Waals surface area contributed by atoms with Gasteiger partial charge in [0.2, 0.25) is 0 Å². The Morgan fingerprint density at radius 2 is 1.72 bits per heavy atom. The van der Waals surface area contributed by atoms with Crippen molar-refractivity contribution in [2.24, 2.45) is 0 Å². The number of hydrogen-bond donors (Lipinski definition) is 3. The molecule has 3 aromatic rings. The van der Waals surface area contributed by atoms with Gasteiger partial charge in [-0.2, -0.15) is 0 Å². The number of anilines is 2. The number of amides is 3. The quantitative estimate of drug-likeness (QED) is 0.476. The zero-order valence-corrected chi connectivity index (χ0v) is 18.8. The number of methoxy groups -OCH3 is 1. The topological polar surface area (TPSA) is 131 Å². The minimum atomic E-state index is -3.89. The molecular formula is C20H16ClN3O6S2. The van der Waals surface area contributed by atoms with E-state index in [9.17, 15) is 22.8 Å². The maximum Gasteiger partial charge on any atom is 0.413 e. The van der Waals surface area contributed by atoms with Crippen LogP contribution in [0.3, 0.4) is 0 Å². The van der Waals surface area contributed by atoms with Crippen LogP contribution in [-0.4, -0.2) is 33.4 Å². The van der Waals surface area contributed by atoms with Gasteiger partial charge in [-0.3, -0.25) is 19.6 Å². The molecular weight excluding hydrogens is 478 g/mol. The zero-order valence-electron chi connectivity index (χ0n) is 16.4. The average Bonchev–Trinajstić information content (AvgIpc) is 3.22. The molecule has 0 unspecified atom stereocenters. The SMILES string of the molecule is COC(=O)NC(=O)c1ccsc1NC(=O)c1cccc(NS(=O)(=O)c2ccc(Cl)cc2)c1. The van der Waals surface area contributed by atoms with Gasteiger partial charge in [-0.05, 0) is 53.9 Å². The number of sulfonamides is 1. The largest absolute Gasteiger partial charge is 0.453 e. The highest BCUT2D eigenvalue weighted by molar-refractivity contribution is 7.92. The van der Waals surface area contributed by atoms with Crippen molar-refractivity contribution in [2.75, 3.05) is 17.1 Å². The van der Waals surface area contributed by atoms with Crippen molar-refractivity contribution >= 4 is 61.6 Å². The molecule has 0 bridgehead atoms. The van der Waals surface area contributed by atoms with Gasteiger partial charge in [0.1, 0.15) is 5.00 Å². The Bertz CT molecular complexity index is 1270. The molecule has 9 nitrogen and oxygen atoms in total. The fourth-order valence-corrected chi connectivity index (χ4v) is 4.48. The maximum atomic E-state index is 12.7. The lowest BCUT2D eigenvalue weighted by Gasteiger charge is -2.10. The molecule has 0 radical (unpaired) electrons. The third-order valence-electron chi connectivity index (χ3n) is 4.04. The minimum absolute atomic E-state index is 0.0107. The Morgan fingerprint density at radius 3 is 2.41 bits per heavy atom. The molecule has 3 N–H and O–H groups in total. The van der Waals surface area contributed by atoms with Gasteiger partial charge in [0.05, 0.1) is 17.6 Å². The van der Waals surface area contributed by atoms with Crippen molar-refractivity contribution in [2.45, 2.75) is 4.90 Å². The van der Waals surface area contributed by atoms with Crippen LogP contribution in [0.5, 0.6) is 0 Å². The van der Waals surface area contributed by atoms with Gasteiger partial charge in [0.25, 0.3) is 21.8 Å². The number of alkyl carbamates (subject to hydrolysis) is 1. The molecule has 12 heteroatoms. The van der Waals surface area contributed by atoms with E-state index >= 15 is 0 Å². The number of hydrogen-bond acceptors (Lipinski definition) is 7. The number of nitrogens with one attached hydrogen (secondary N) is 3. The fraction of sp³-hybridized carbons (Fsp3) is 0.0500. The molecule has 3 amide bonds. The fourth-order valence-electron chi connectivity index (χ4n) is 2.52. The van der Waals surface area contributed by atoms with Crippen LogP contribution in [0.1, 0.15) is 20.7 Å². The molecule has 0 saturated heterocycles. The van der Waals surface area contributed by atoms with E-state index in [1.54, 1.807) is 5.38 Å². The number of carbonyl (C=O) groups is 3. The van der Waals surface area contributed by atoms with E-state index in [1.165, 1.54) is 54.6 Å². The van der Waals surface area contributed by atoms with Crippen LogP contribution in [0, 0.1) is 0 Å². The molecule has 0 aliphatic rings. The Hall–Kier alpha value is -3.41. The third-order valence-corrected chi connectivity index (χ3v) is 6.52. The van der Waals surface area contributed by atoms with Gasteiger partial charge in [-0.25, -0.2) is 13.2 Å². The normalized spacial score (nSPS) is 10.8. The van der Waals surface area contributed by atoms with Crippen LogP contribution in [0.2, 0.25) is 5.02 Å². The first-order chi connectivity index (χ1) is 15.2. The van der Waals surface area contributed by atoms with Crippen molar-refractivity contribution in [3.63, 3.8) is 0 Å². The van der Waals surface area contributed by atoms with E-state index in [0.717, 1.165) is 18.4 Å². The second kappa shape index (κ2) is 9.81. The van der Waals surface area contributed by atoms with Crippen LogP contribution in [0.15, 0.2) is 64.9 Å². The number of benzene rings is 2. The van der Waals surface area contributed by atoms with E-state index in [1.807, 2.05) is 5.32 Å². The number of ether oxygens (including phenoxy) is 1. The van der Waals surface area contributed by atoms with Crippen LogP contribution >= 0.6 is 22.9 Å². The first-order valence-corrected chi connectivity index (χ1v) is 11.6. The summed E-state index contributed by atoms with van der Waals surface area (Å²) in [5.74, 6) is -1.31. The average molecular weight is 494 g/mol. The predicted molar refractivity (Wildman–Crippen MR) is 121 cm³/mol. The van der Waals surface area contributed by atoms with E-state index < -0.39 is 27.9 Å². The highest BCUT2D eigenvalue weighted by atomic mass is 35.5. The molecule has 0 atom stereocenters. The van der Waals surface area contributed by atoms with Crippen molar-refractivity contribution in [1.82, 2.24) is 5.32 Å². The van der Waals surface area contributed by atoms with Crippen LogP contribution in [-0.2, 0) is 14.8 Å². The summed E-state index contributed by atoms with van der Waals surface area (Å²) >= 11 is 6.87. The summed E-state index contributed by atoms with van der Waals surface area (Å²) in [5.41, 5.74) is 0.393. The van der Waals surface area contributed by atoms with Gasteiger partial charge in [0.15, 0.2) is 0 Å². The van der Waals surface area contributed by atoms with Gasteiger partial charge in [0, 0.05) is 16.3 Å². The lowest BCUT2D eigenvalue weighted by molar-refractivity contribution is 0.0938. The molecule has 0 saturated carbocycles. The minimum Gasteiger partial charge on any atom is -0.453 e. The highest BCUT2D eigenvalue weighted by Gasteiger charge is 2.19. The molecule has 32 heavy (non-hydrogen) atoms. The van der Waals surface area contributed by atoms with Crippen molar-refractivity contribution < 1.29 is 27.5 Å². The van der Waals surface area contributed by atoms with E-state index in [0.29, 0.717) is 5.02 Å². The van der Waals surface area contributed by atoms with Crippen molar-refractivity contribution in [3.8, 4) is 0 Å². The molecule has 2 aromatic carbocycles. The zero-order chi connectivity index (χ0) is 23.3. The summed E-state index contributed by atoms with van der Waals surface area (Å²) in [5, 5.41) is 6.77. The summed E-state index contributed by atoms with van der Waals surface area (Å²) in [6.07, 6.45) is -0.931. The van der Waals surface area contributed by atoms with Gasteiger partial charge >= 0.3 is 6.09 Å². The first-order valence-electron chi connectivity index (χ1n) is 8.86. The maximum absolute atomic E-state index is 12.7. The van der Waals surface area contributed by atoms with E-state index in [4.69, 9.17) is 11.6 Å². The van der Waals surface area contributed by atoms with Gasteiger partial charge < -0.3 is 10.1 Å². The smallest absolute Gasteiger partial charge is 0.413 e. The van der Waals surface area contributed by atoms with Crippen LogP contribution < -0.4 is 15.4 Å². The molecule has 3 rings (SSSR count). The van der Waals surface area contributed by atoms with Crippen LogP contribution in [0.4, 0.5) is 15.5 Å². The summed E-state index contributed by atoms with van der Waals surface area (Å²) in [7, 11) is -2.77. The Morgan fingerprint density at radius 1 is 1.00 bits per heavy atom. The second-order valence-corrected chi connectivity index (χ2v) is 9.24. The standard InChI is InChI=1S/C20H16ClN3O6S2/c1-30-20(27)23-18(26)16-9-10-31-19(16)22-17(25)12-3-2-4-14(11-12)24-32(28,29)15-7-5-13(21)6-8-15/h2-11,24H,1H3,(H,22,25)(H,23,26,27). The molecule has 1 aromatic heterocycles. The first kappa shape index (κ1) is 23.3. The molecule has 1 heterocycles. The van der Waals surface area contributed by atoms with Crippen LogP contribution in [0.25, 0.3) is 0 Å².